The van der Waals surface area contributed by atoms with Gasteiger partial charge < -0.3 is 8.85 Å². The number of ether oxygens (including phenoxy) is 1. The van der Waals surface area contributed by atoms with E-state index in [0.29, 0.717) is 0 Å². The molecule has 0 saturated carbocycles. The van der Waals surface area contributed by atoms with Crippen LogP contribution in [0.3, 0.4) is 0 Å². The van der Waals surface area contributed by atoms with Gasteiger partial charge in [-0.2, -0.15) is 0 Å². The van der Waals surface area contributed by atoms with E-state index in [1.165, 1.54) is 0 Å². The highest BCUT2D eigenvalue weighted by Crippen LogP contribution is 2.18. The van der Waals surface area contributed by atoms with Gasteiger partial charge in [-0.1, -0.05) is 36.4 Å². The average molecular weight is 241 g/mol. The third kappa shape index (κ3) is 2.82. The molecular weight excluding hydrogens is 232 g/mol. The summed E-state index contributed by atoms with van der Waals surface area (Å²) in [6.07, 6.45) is 0. The summed E-state index contributed by atoms with van der Waals surface area (Å²) in [5.74, 6) is 1.65. The third-order valence-electron chi connectivity index (χ3n) is 2.02. The molecule has 0 bridgehead atoms. The van der Waals surface area contributed by atoms with Gasteiger partial charge in [-0.3, -0.25) is 0 Å². The fraction of sp³-hybridized carbons (Fsp3) is 0. The van der Waals surface area contributed by atoms with Crippen molar-refractivity contribution in [2.75, 3.05) is 0 Å². The highest BCUT2D eigenvalue weighted by molar-refractivity contribution is 6.51. The van der Waals surface area contributed by atoms with Gasteiger partial charge in [0, 0.05) is 5.19 Å². The summed E-state index contributed by atoms with van der Waals surface area (Å²) in [5.41, 5.74) is 0. The molecule has 2 nitrogen and oxygen atoms in total. The molecule has 0 aliphatic rings. The first-order valence-electron chi connectivity index (χ1n) is 4.80. The Morgan fingerprint density at radius 1 is 0.875 bits per heavy atom. The maximum atomic E-state index is 5.77. The van der Waals surface area contributed by atoms with Crippen LogP contribution in [0.2, 0.25) is 0 Å². The van der Waals surface area contributed by atoms with E-state index in [1.54, 1.807) is 0 Å². The molecule has 0 heterocycles. The van der Waals surface area contributed by atoms with Crippen LogP contribution in [-0.4, -0.2) is 20.2 Å². The zero-order valence-corrected chi connectivity index (χ0v) is 10.5. The summed E-state index contributed by atoms with van der Waals surface area (Å²) in [7, 11) is 3.24. The molecule has 0 spiro atoms. The lowest BCUT2D eigenvalue weighted by Gasteiger charge is -2.09. The highest BCUT2D eigenvalue weighted by Gasteiger charge is 2.04. The lowest BCUT2D eigenvalue weighted by atomic mass is 10.3. The van der Waals surface area contributed by atoms with E-state index in [0.717, 1.165) is 16.7 Å². The summed E-state index contributed by atoms with van der Waals surface area (Å²) in [4.78, 5) is 0. The third-order valence-corrected chi connectivity index (χ3v) is 3.06. The fourth-order valence-electron chi connectivity index (χ4n) is 1.31. The van der Waals surface area contributed by atoms with Crippen molar-refractivity contribution in [1.82, 2.24) is 0 Å². The predicted molar refractivity (Wildman–Crippen MR) is 65.2 cm³/mol. The van der Waals surface area contributed by atoms with Crippen LogP contribution < -0.4 is 9.92 Å². The maximum Gasteiger partial charge on any atom is 0.260 e. The summed E-state index contributed by atoms with van der Waals surface area (Å²) >= 11 is 0. The molecule has 77 valence electrons. The van der Waals surface area contributed by atoms with Crippen LogP contribution in [0.1, 0.15) is 0 Å². The number of rotatable bonds is 4. The first-order chi connectivity index (χ1) is 7.90. The van der Waals surface area contributed by atoms with Crippen molar-refractivity contribution in [3.8, 4) is 11.5 Å². The molecule has 5 radical (unpaired) electrons. The molecule has 16 heavy (non-hydrogen) atoms. The molecule has 0 N–H and O–H groups in total. The number of hydrogen-bond acceptors (Lipinski definition) is 2. The molecule has 0 atom stereocenters. The van der Waals surface area contributed by atoms with Gasteiger partial charge in [-0.05, 0) is 18.2 Å². The second-order valence-corrected chi connectivity index (χ2v) is 4.67. The van der Waals surface area contributed by atoms with Crippen LogP contribution in [0.25, 0.3) is 0 Å². The van der Waals surface area contributed by atoms with Gasteiger partial charge in [-0.25, -0.2) is 0 Å². The van der Waals surface area contributed by atoms with Crippen molar-refractivity contribution < 1.29 is 8.85 Å². The molecule has 0 fully saturated rings. The molecule has 0 aromatic heterocycles. The van der Waals surface area contributed by atoms with Gasteiger partial charge in [0.2, 0.25) is 10.5 Å². The van der Waals surface area contributed by atoms with Crippen molar-refractivity contribution in [2.45, 2.75) is 0 Å². The Balaban J connectivity index is 2.21. The maximum absolute atomic E-state index is 5.77. The summed E-state index contributed by atoms with van der Waals surface area (Å²) in [5, 5.41) is 1.03. The SMILES string of the molecule is [Si]O[Si]c1ccccc1Oc1ccccc1. The van der Waals surface area contributed by atoms with Gasteiger partial charge >= 0.3 is 0 Å². The van der Waals surface area contributed by atoms with Crippen LogP contribution in [0.5, 0.6) is 11.5 Å². The minimum absolute atomic E-state index is 0.226. The molecule has 2 aromatic rings. The number of benzene rings is 2. The molecule has 0 saturated heterocycles. The van der Waals surface area contributed by atoms with Crippen molar-refractivity contribution in [3.05, 3.63) is 54.6 Å². The predicted octanol–water partition coefficient (Wildman–Crippen LogP) is 1.82. The molecule has 2 aromatic carbocycles. The second kappa shape index (κ2) is 5.65. The molecule has 4 heteroatoms. The largest absolute Gasteiger partial charge is 0.457 e. The van der Waals surface area contributed by atoms with E-state index < -0.39 is 0 Å². The van der Waals surface area contributed by atoms with Crippen molar-refractivity contribution in [1.29, 1.82) is 0 Å². The smallest absolute Gasteiger partial charge is 0.260 e. The van der Waals surface area contributed by atoms with Crippen molar-refractivity contribution >= 4 is 25.4 Å². The standard InChI is InChI=1S/C12H9O2Si2/c15-14-16-12-9-5-4-8-11(12)13-10-6-2-1-3-7-10/h1-9H. The zero-order valence-electron chi connectivity index (χ0n) is 8.51. The first-order valence-corrected chi connectivity index (χ1v) is 6.12. The van der Waals surface area contributed by atoms with Crippen LogP contribution in [0.4, 0.5) is 0 Å². The first kappa shape index (κ1) is 11.1. The van der Waals surface area contributed by atoms with Crippen molar-refractivity contribution in [3.63, 3.8) is 0 Å². The Morgan fingerprint density at radius 3 is 2.31 bits per heavy atom. The van der Waals surface area contributed by atoms with Crippen LogP contribution in [-0.2, 0) is 4.12 Å². The highest BCUT2D eigenvalue weighted by atomic mass is 28.3. The number of para-hydroxylation sites is 2. The Morgan fingerprint density at radius 2 is 1.56 bits per heavy atom. The molecule has 0 unspecified atom stereocenters. The summed E-state index contributed by atoms with van der Waals surface area (Å²) in [6, 6.07) is 17.5. The van der Waals surface area contributed by atoms with E-state index in [1.807, 2.05) is 54.6 Å². The Labute approximate surface area is 101 Å². The van der Waals surface area contributed by atoms with Gasteiger partial charge in [0.1, 0.15) is 11.5 Å². The van der Waals surface area contributed by atoms with Gasteiger partial charge in [0.05, 0.1) is 0 Å². The van der Waals surface area contributed by atoms with Crippen molar-refractivity contribution in [2.24, 2.45) is 0 Å². The minimum atomic E-state index is 0.226. The van der Waals surface area contributed by atoms with Crippen LogP contribution >= 0.6 is 0 Å². The van der Waals surface area contributed by atoms with E-state index >= 15 is 0 Å². The molecule has 2 rings (SSSR count). The lowest BCUT2D eigenvalue weighted by Crippen LogP contribution is -2.18. The van der Waals surface area contributed by atoms with E-state index in [2.05, 4.69) is 10.5 Å². The monoisotopic (exact) mass is 241 g/mol. The van der Waals surface area contributed by atoms with E-state index in [4.69, 9.17) is 8.85 Å². The van der Waals surface area contributed by atoms with Gasteiger partial charge in [0.15, 0.2) is 0 Å². The Kier molecular flexibility index (Phi) is 3.93. The topological polar surface area (TPSA) is 18.5 Å². The second-order valence-electron chi connectivity index (χ2n) is 3.12. The Hall–Kier alpha value is -1.37. The van der Waals surface area contributed by atoms with Crippen LogP contribution in [0.15, 0.2) is 54.6 Å². The number of hydrogen-bond donors (Lipinski definition) is 0. The van der Waals surface area contributed by atoms with Gasteiger partial charge in [0.25, 0.3) is 9.76 Å². The molecule has 0 aliphatic carbocycles. The van der Waals surface area contributed by atoms with E-state index in [-0.39, 0.29) is 9.76 Å². The van der Waals surface area contributed by atoms with Gasteiger partial charge in [-0.15, -0.1) is 0 Å². The zero-order chi connectivity index (χ0) is 11.2. The summed E-state index contributed by atoms with van der Waals surface area (Å²) in [6.45, 7) is 0. The lowest BCUT2D eigenvalue weighted by molar-refractivity contribution is 0.485. The average Bonchev–Trinajstić information content (AvgIpc) is 2.33. The van der Waals surface area contributed by atoms with E-state index in [9.17, 15) is 0 Å². The molecule has 0 amide bonds. The fourth-order valence-corrected chi connectivity index (χ4v) is 2.15. The summed E-state index contributed by atoms with van der Waals surface area (Å²) < 4.78 is 10.7. The quantitative estimate of drug-likeness (QED) is 0.760. The molecular formula is C12H9O2Si2. The normalized spacial score (nSPS) is 10.1. The Bertz CT molecular complexity index is 446. The molecule has 0 aliphatic heterocycles. The van der Waals surface area contributed by atoms with Crippen LogP contribution in [0, 0.1) is 0 Å². The minimum Gasteiger partial charge on any atom is -0.457 e.